The van der Waals surface area contributed by atoms with Crippen LogP contribution in [0.25, 0.3) is 0 Å². The van der Waals surface area contributed by atoms with E-state index in [1.165, 1.54) is 12.0 Å². The van der Waals surface area contributed by atoms with Gasteiger partial charge in [-0.25, -0.2) is 0 Å². The highest BCUT2D eigenvalue weighted by atomic mass is 16.5. The lowest BCUT2D eigenvalue weighted by atomic mass is 10.0. The minimum Gasteiger partial charge on any atom is -0.497 e. The van der Waals surface area contributed by atoms with Gasteiger partial charge in [0.2, 0.25) is 11.8 Å². The zero-order chi connectivity index (χ0) is 24.8. The standard InChI is InChI=1S/C26H25N3O6/c1-33-18-13-11-17(12-14-18)27-24(30)15-21-26(32)28-19-7-3-4-8-20(19)29(21)25(31)16-35-23-10-6-5-9-22(23)34-2/h3-14,21H,15-16H2,1-2H3,(H,27,30)(H,28,32). The number of nitrogens with zero attached hydrogens (tertiary/aromatic N) is 1. The van der Waals surface area contributed by atoms with Crippen molar-refractivity contribution in [2.24, 2.45) is 0 Å². The molecule has 1 aliphatic heterocycles. The number of methoxy groups -OCH3 is 2. The highest BCUT2D eigenvalue weighted by molar-refractivity contribution is 6.14. The SMILES string of the molecule is COc1ccc(NC(=O)CC2C(=O)Nc3ccccc3N2C(=O)COc2ccccc2OC)cc1. The number of carbonyl (C=O) groups excluding carboxylic acids is 3. The molecule has 0 saturated heterocycles. The molecule has 4 rings (SSSR count). The van der Waals surface area contributed by atoms with E-state index in [4.69, 9.17) is 14.2 Å². The molecule has 0 saturated carbocycles. The van der Waals surface area contributed by atoms with Crippen LogP contribution in [0.5, 0.6) is 17.2 Å². The molecule has 180 valence electrons. The summed E-state index contributed by atoms with van der Waals surface area (Å²) in [5, 5.41) is 5.54. The summed E-state index contributed by atoms with van der Waals surface area (Å²) in [6, 6.07) is 19.6. The summed E-state index contributed by atoms with van der Waals surface area (Å²) in [4.78, 5) is 40.4. The van der Waals surface area contributed by atoms with Crippen molar-refractivity contribution in [3.63, 3.8) is 0 Å². The number of rotatable bonds is 8. The molecular formula is C26H25N3O6. The average molecular weight is 476 g/mol. The first kappa shape index (κ1) is 23.6. The van der Waals surface area contributed by atoms with E-state index < -0.39 is 23.8 Å². The molecule has 0 aromatic heterocycles. The molecule has 1 aliphatic rings. The van der Waals surface area contributed by atoms with Gasteiger partial charge in [0.1, 0.15) is 11.8 Å². The van der Waals surface area contributed by atoms with Crippen LogP contribution in [0.2, 0.25) is 0 Å². The van der Waals surface area contributed by atoms with Crippen molar-refractivity contribution in [3.05, 3.63) is 72.8 Å². The molecular weight excluding hydrogens is 450 g/mol. The van der Waals surface area contributed by atoms with Crippen LogP contribution < -0.4 is 29.7 Å². The molecule has 0 radical (unpaired) electrons. The van der Waals surface area contributed by atoms with Gasteiger partial charge in [0, 0.05) is 5.69 Å². The Hall–Kier alpha value is -4.53. The fraction of sp³-hybridized carbons (Fsp3) is 0.192. The fourth-order valence-electron chi connectivity index (χ4n) is 3.79. The van der Waals surface area contributed by atoms with E-state index in [1.54, 1.807) is 79.9 Å². The van der Waals surface area contributed by atoms with Gasteiger partial charge in [-0.2, -0.15) is 0 Å². The smallest absolute Gasteiger partial charge is 0.265 e. The predicted molar refractivity (Wildman–Crippen MR) is 131 cm³/mol. The van der Waals surface area contributed by atoms with E-state index in [9.17, 15) is 14.4 Å². The maximum absolute atomic E-state index is 13.3. The molecule has 0 bridgehead atoms. The van der Waals surface area contributed by atoms with Crippen LogP contribution >= 0.6 is 0 Å². The van der Waals surface area contributed by atoms with Gasteiger partial charge in [0.05, 0.1) is 32.0 Å². The maximum Gasteiger partial charge on any atom is 0.265 e. The monoisotopic (exact) mass is 475 g/mol. The van der Waals surface area contributed by atoms with Crippen molar-refractivity contribution >= 4 is 34.8 Å². The minimum absolute atomic E-state index is 0.243. The number of anilines is 3. The molecule has 3 amide bonds. The summed E-state index contributed by atoms with van der Waals surface area (Å²) in [5.41, 5.74) is 1.52. The van der Waals surface area contributed by atoms with Gasteiger partial charge >= 0.3 is 0 Å². The van der Waals surface area contributed by atoms with Crippen LogP contribution in [0, 0.1) is 0 Å². The third-order valence-corrected chi connectivity index (χ3v) is 5.48. The lowest BCUT2D eigenvalue weighted by Gasteiger charge is -2.36. The third-order valence-electron chi connectivity index (χ3n) is 5.48. The fourth-order valence-corrected chi connectivity index (χ4v) is 3.79. The molecule has 2 N–H and O–H groups in total. The Labute approximate surface area is 202 Å². The number of carbonyl (C=O) groups is 3. The Balaban J connectivity index is 1.54. The molecule has 3 aromatic carbocycles. The first-order valence-corrected chi connectivity index (χ1v) is 10.9. The predicted octanol–water partition coefficient (Wildman–Crippen LogP) is 3.47. The Morgan fingerprint density at radius 3 is 2.31 bits per heavy atom. The third kappa shape index (κ3) is 5.35. The number of fused-ring (bicyclic) bond motifs is 1. The van der Waals surface area contributed by atoms with Gasteiger partial charge in [0.15, 0.2) is 18.1 Å². The Kier molecular flexibility index (Phi) is 7.15. The first-order chi connectivity index (χ1) is 17.0. The average Bonchev–Trinajstić information content (AvgIpc) is 2.88. The van der Waals surface area contributed by atoms with Gasteiger partial charge in [0.25, 0.3) is 5.91 Å². The molecule has 1 heterocycles. The van der Waals surface area contributed by atoms with E-state index in [-0.39, 0.29) is 13.0 Å². The number of benzene rings is 3. The summed E-state index contributed by atoms with van der Waals surface area (Å²) >= 11 is 0. The normalized spacial score (nSPS) is 14.4. The van der Waals surface area contributed by atoms with Gasteiger partial charge in [-0.15, -0.1) is 0 Å². The van der Waals surface area contributed by atoms with Crippen molar-refractivity contribution < 1.29 is 28.6 Å². The highest BCUT2D eigenvalue weighted by Gasteiger charge is 2.38. The largest absolute Gasteiger partial charge is 0.497 e. The van der Waals surface area contributed by atoms with Crippen molar-refractivity contribution in [2.75, 3.05) is 36.4 Å². The van der Waals surface area contributed by atoms with Crippen LogP contribution in [-0.2, 0) is 14.4 Å². The molecule has 3 aromatic rings. The number of nitrogens with one attached hydrogen (secondary N) is 2. The summed E-state index contributed by atoms with van der Waals surface area (Å²) in [5.74, 6) is 0.176. The summed E-state index contributed by atoms with van der Waals surface area (Å²) in [6.45, 7) is -0.349. The van der Waals surface area contributed by atoms with E-state index in [0.717, 1.165) is 0 Å². The molecule has 9 nitrogen and oxygen atoms in total. The topological polar surface area (TPSA) is 106 Å². The zero-order valence-electron chi connectivity index (χ0n) is 19.3. The molecule has 35 heavy (non-hydrogen) atoms. The number of hydrogen-bond acceptors (Lipinski definition) is 6. The van der Waals surface area contributed by atoms with Crippen molar-refractivity contribution in [1.29, 1.82) is 0 Å². The Morgan fingerprint density at radius 1 is 0.914 bits per heavy atom. The second-order valence-electron chi connectivity index (χ2n) is 7.71. The van der Waals surface area contributed by atoms with Crippen LogP contribution in [0.3, 0.4) is 0 Å². The van der Waals surface area contributed by atoms with E-state index in [0.29, 0.717) is 34.3 Å². The molecule has 0 aliphatic carbocycles. The van der Waals surface area contributed by atoms with Crippen molar-refractivity contribution in [1.82, 2.24) is 0 Å². The van der Waals surface area contributed by atoms with E-state index in [2.05, 4.69) is 10.6 Å². The molecule has 0 fully saturated rings. The van der Waals surface area contributed by atoms with Crippen molar-refractivity contribution in [2.45, 2.75) is 12.5 Å². The summed E-state index contributed by atoms with van der Waals surface area (Å²) in [7, 11) is 3.06. The summed E-state index contributed by atoms with van der Waals surface area (Å²) < 4.78 is 16.1. The van der Waals surface area contributed by atoms with Crippen LogP contribution in [0.4, 0.5) is 17.1 Å². The van der Waals surface area contributed by atoms with E-state index in [1.807, 2.05) is 0 Å². The first-order valence-electron chi connectivity index (χ1n) is 10.9. The lowest BCUT2D eigenvalue weighted by molar-refractivity contribution is -0.127. The number of amides is 3. The quantitative estimate of drug-likeness (QED) is 0.517. The van der Waals surface area contributed by atoms with Gasteiger partial charge in [-0.05, 0) is 48.5 Å². The van der Waals surface area contributed by atoms with E-state index >= 15 is 0 Å². The number of hydrogen-bond donors (Lipinski definition) is 2. The number of ether oxygens (including phenoxy) is 3. The molecule has 1 atom stereocenters. The van der Waals surface area contributed by atoms with Crippen LogP contribution in [0.1, 0.15) is 6.42 Å². The van der Waals surface area contributed by atoms with Gasteiger partial charge in [-0.1, -0.05) is 24.3 Å². The molecule has 9 heteroatoms. The van der Waals surface area contributed by atoms with Crippen molar-refractivity contribution in [3.8, 4) is 17.2 Å². The molecule has 0 spiro atoms. The lowest BCUT2D eigenvalue weighted by Crippen LogP contribution is -2.53. The molecule has 1 unspecified atom stereocenters. The minimum atomic E-state index is -1.06. The van der Waals surface area contributed by atoms with Crippen LogP contribution in [-0.4, -0.2) is 44.6 Å². The van der Waals surface area contributed by atoms with Gasteiger partial charge in [-0.3, -0.25) is 19.3 Å². The number of para-hydroxylation sites is 4. The second kappa shape index (κ2) is 10.6. The zero-order valence-corrected chi connectivity index (χ0v) is 19.3. The maximum atomic E-state index is 13.3. The second-order valence-corrected chi connectivity index (χ2v) is 7.71. The summed E-state index contributed by atoms with van der Waals surface area (Å²) in [6.07, 6.45) is -0.243. The Bertz CT molecular complexity index is 1230. The highest BCUT2D eigenvalue weighted by Crippen LogP contribution is 2.33. The Morgan fingerprint density at radius 2 is 1.60 bits per heavy atom. The van der Waals surface area contributed by atoms with Crippen LogP contribution in [0.15, 0.2) is 72.8 Å². The van der Waals surface area contributed by atoms with Gasteiger partial charge < -0.3 is 24.8 Å².